The van der Waals surface area contributed by atoms with Crippen molar-refractivity contribution >= 4 is 52.6 Å². The Morgan fingerprint density at radius 3 is 2.38 bits per heavy atom. The van der Waals surface area contributed by atoms with E-state index in [-0.39, 0.29) is 58.2 Å². The molecule has 3 aromatic carbocycles. The normalized spacial score (nSPS) is 27.0. The Bertz CT molecular complexity index is 2570. The number of halogens is 1. The number of rotatable bonds is 15. The van der Waals surface area contributed by atoms with Crippen LogP contribution in [0.2, 0.25) is 0 Å². The molecule has 2 saturated carbocycles. The number of amides is 3. The molecule has 4 aromatic rings. The summed E-state index contributed by atoms with van der Waals surface area (Å²) >= 11 is 1.21. The van der Waals surface area contributed by atoms with E-state index in [1.54, 1.807) is 48.5 Å². The second kappa shape index (κ2) is 18.9. The van der Waals surface area contributed by atoms with Gasteiger partial charge in [0.15, 0.2) is 0 Å². The van der Waals surface area contributed by atoms with Crippen molar-refractivity contribution in [2.24, 2.45) is 5.41 Å². The number of ether oxygens (including phenoxy) is 2. The number of nitrogens with one attached hydrogen (secondary N) is 2. The van der Waals surface area contributed by atoms with Crippen molar-refractivity contribution in [2.75, 3.05) is 33.4 Å². The highest BCUT2D eigenvalue weighted by Gasteiger charge is 2.59. The molecule has 0 unspecified atom stereocenters. The summed E-state index contributed by atoms with van der Waals surface area (Å²) in [5, 5.41) is 6.32. The first-order valence-electron chi connectivity index (χ1n) is 24.5. The maximum absolute atomic E-state index is 16.8. The van der Waals surface area contributed by atoms with E-state index in [0.29, 0.717) is 60.4 Å². The number of fused-ring (bicyclic) bond motifs is 2. The van der Waals surface area contributed by atoms with Crippen molar-refractivity contribution < 1.29 is 42.1 Å². The van der Waals surface area contributed by atoms with Crippen LogP contribution in [0.1, 0.15) is 117 Å². The summed E-state index contributed by atoms with van der Waals surface area (Å²) in [6.45, 7) is 6.59. The molecule has 3 amide bonds. The SMILES string of the molecule is C[C@H](N[P@](=O)(Oc1ccccc1)[C@@H](F)c1ccc2sc(C(=O)N[C@H]3CC[C@H](N(C)CC4(C)COC4)C[C@H]4CC[C@@H](C(=O)N5C[C@H](c6ccccc6)CC56CC6)N4C3=O)cc2c1)C(=O)OC1CCC1. The topological polar surface area (TPSA) is 147 Å². The molecule has 13 nitrogen and oxygen atoms in total. The third kappa shape index (κ3) is 9.50. The molecule has 4 saturated heterocycles. The van der Waals surface area contributed by atoms with E-state index in [4.69, 9.17) is 14.0 Å². The number of hydrogen-bond acceptors (Lipinski definition) is 10. The predicted molar refractivity (Wildman–Crippen MR) is 258 cm³/mol. The molecule has 2 N–H and O–H groups in total. The summed E-state index contributed by atoms with van der Waals surface area (Å²) in [4.78, 5) is 63.9. The highest BCUT2D eigenvalue weighted by molar-refractivity contribution is 7.57. The minimum atomic E-state index is -4.47. The van der Waals surface area contributed by atoms with Crippen molar-refractivity contribution in [3.05, 3.63) is 101 Å². The lowest BCUT2D eigenvalue weighted by molar-refractivity contribution is -0.154. The number of hydrogen-bond donors (Lipinski definition) is 2. The van der Waals surface area contributed by atoms with Crippen LogP contribution >= 0.6 is 18.9 Å². The first-order valence-corrected chi connectivity index (χ1v) is 27.0. The molecular formula is C52H63FN5O8PS. The largest absolute Gasteiger partial charge is 0.461 e. The molecule has 0 bridgehead atoms. The fourth-order valence-electron chi connectivity index (χ4n) is 11.3. The average Bonchev–Trinajstić information content (AvgIpc) is 3.58. The van der Waals surface area contributed by atoms with Gasteiger partial charge in [-0.05, 0) is 131 Å². The van der Waals surface area contributed by atoms with Crippen LogP contribution in [0.25, 0.3) is 10.1 Å². The van der Waals surface area contributed by atoms with Gasteiger partial charge in [0, 0.05) is 46.7 Å². The quantitative estimate of drug-likeness (QED) is 0.0876. The van der Waals surface area contributed by atoms with Crippen molar-refractivity contribution in [3.63, 3.8) is 0 Å². The zero-order valence-corrected chi connectivity index (χ0v) is 40.9. The Labute approximate surface area is 401 Å². The minimum absolute atomic E-state index is 0.0231. The number of esters is 1. The first-order chi connectivity index (χ1) is 32.7. The third-order valence-electron chi connectivity index (χ3n) is 15.5. The molecule has 362 valence electrons. The zero-order valence-electron chi connectivity index (χ0n) is 39.1. The number of para-hydroxylation sites is 1. The van der Waals surface area contributed by atoms with Gasteiger partial charge in [-0.25, -0.2) is 9.48 Å². The molecule has 68 heavy (non-hydrogen) atoms. The van der Waals surface area contributed by atoms with E-state index in [1.807, 2.05) is 11.0 Å². The highest BCUT2D eigenvalue weighted by Crippen LogP contribution is 2.58. The molecule has 8 atom stereocenters. The van der Waals surface area contributed by atoms with Gasteiger partial charge >= 0.3 is 13.5 Å². The van der Waals surface area contributed by atoms with Crippen molar-refractivity contribution in [3.8, 4) is 5.75 Å². The summed E-state index contributed by atoms with van der Waals surface area (Å²) in [5.41, 5.74) is 1.16. The Morgan fingerprint density at radius 1 is 0.971 bits per heavy atom. The fraction of sp³-hybridized carbons (Fsp3) is 0.538. The average molecular weight is 968 g/mol. The fourth-order valence-corrected chi connectivity index (χ4v) is 14.2. The standard InChI is InChI=1S/C52H63FN5O8PS/c1-33(50(62)65-40-15-10-16-40)55-67(63,66-41-13-8-5-9-14-41)46(53)35-17-22-44-36(25-35)26-45(68-44)47(59)54-42-20-18-38(56(3)30-51(2)31-64-32-51)27-39-19-21-43(58(39)48(42)60)49(61)57-29-37(28-52(57)23-24-52)34-11-6-4-7-12-34/h4-9,11-14,17,22,25-26,33,37-40,42-43,46H,10,15-16,18-21,23-24,27-32H2,1-3H3,(H,54,59)(H,55,63)/t33-,37+,38-,39+,42-,43-,46+,67+/m0/s1. The number of benzene rings is 3. The van der Waals surface area contributed by atoms with Crippen molar-refractivity contribution in [2.45, 2.75) is 138 Å². The second-order valence-electron chi connectivity index (χ2n) is 20.8. The number of thiophene rings is 1. The Morgan fingerprint density at radius 2 is 1.71 bits per heavy atom. The molecule has 2 aliphatic carbocycles. The van der Waals surface area contributed by atoms with E-state index in [9.17, 15) is 18.9 Å². The number of nitrogens with zero attached hydrogens (tertiary/aromatic N) is 3. The second-order valence-corrected chi connectivity index (χ2v) is 23.9. The summed E-state index contributed by atoms with van der Waals surface area (Å²) < 4.78 is 49.1. The lowest BCUT2D eigenvalue weighted by Crippen LogP contribution is -2.59. The van der Waals surface area contributed by atoms with Gasteiger partial charge in [0.25, 0.3) is 5.91 Å². The van der Waals surface area contributed by atoms with Gasteiger partial charge in [0.05, 0.1) is 18.1 Å². The summed E-state index contributed by atoms with van der Waals surface area (Å²) in [6.07, 6.45) is 8.25. The van der Waals surface area contributed by atoms with Gasteiger partial charge in [-0.1, -0.05) is 61.5 Å². The lowest BCUT2D eigenvalue weighted by Gasteiger charge is -2.45. The van der Waals surface area contributed by atoms with Crippen LogP contribution in [-0.2, 0) is 28.4 Å². The van der Waals surface area contributed by atoms with Crippen molar-refractivity contribution in [1.29, 1.82) is 0 Å². The molecule has 1 aromatic heterocycles. The molecule has 5 heterocycles. The summed E-state index contributed by atoms with van der Waals surface area (Å²) in [5.74, 6) is -3.05. The molecule has 16 heteroatoms. The van der Waals surface area contributed by atoms with Gasteiger partial charge in [0.1, 0.15) is 30.0 Å². The first kappa shape index (κ1) is 47.0. The molecule has 4 aliphatic heterocycles. The Hall–Kier alpha value is -4.66. The molecular weight excluding hydrogens is 905 g/mol. The molecule has 0 radical (unpaired) electrons. The lowest BCUT2D eigenvalue weighted by atomic mass is 9.86. The summed E-state index contributed by atoms with van der Waals surface area (Å²) in [6, 6.07) is 22.4. The van der Waals surface area contributed by atoms with E-state index in [1.165, 1.54) is 29.9 Å². The van der Waals surface area contributed by atoms with Crippen molar-refractivity contribution in [1.82, 2.24) is 25.1 Å². The van der Waals surface area contributed by atoms with Gasteiger partial charge < -0.3 is 34.0 Å². The van der Waals surface area contributed by atoms with Crippen LogP contribution in [0.4, 0.5) is 4.39 Å². The third-order valence-corrected chi connectivity index (χ3v) is 18.7. The van der Waals surface area contributed by atoms with Crippen LogP contribution in [0.3, 0.4) is 0 Å². The molecule has 1 spiro atoms. The van der Waals surface area contributed by atoms with E-state index in [0.717, 1.165) is 51.5 Å². The maximum atomic E-state index is 16.8. The zero-order chi connectivity index (χ0) is 47.4. The van der Waals surface area contributed by atoms with E-state index < -0.39 is 43.4 Å². The molecule has 6 fully saturated rings. The minimum Gasteiger partial charge on any atom is -0.461 e. The monoisotopic (exact) mass is 967 g/mol. The van der Waals surface area contributed by atoms with Crippen LogP contribution in [0.15, 0.2) is 84.9 Å². The van der Waals surface area contributed by atoms with Gasteiger partial charge in [-0.15, -0.1) is 11.3 Å². The van der Waals surface area contributed by atoms with Gasteiger partial charge in [-0.2, -0.15) is 0 Å². The van der Waals surface area contributed by atoms with E-state index >= 15 is 9.18 Å². The van der Waals surface area contributed by atoms with Crippen LogP contribution in [0.5, 0.6) is 5.75 Å². The Balaban J connectivity index is 0.886. The maximum Gasteiger partial charge on any atom is 0.355 e. The number of likely N-dealkylation sites (tertiary alicyclic amines) is 1. The van der Waals surface area contributed by atoms with Gasteiger partial charge in [-0.3, -0.25) is 23.7 Å². The molecule has 10 rings (SSSR count). The summed E-state index contributed by atoms with van der Waals surface area (Å²) in [7, 11) is -2.33. The van der Waals surface area contributed by atoms with Crippen LogP contribution < -0.4 is 14.9 Å². The van der Waals surface area contributed by atoms with Crippen LogP contribution in [-0.4, -0.2) is 114 Å². The smallest absolute Gasteiger partial charge is 0.355 e. The number of alkyl halides is 1. The number of carbonyl (C=O) groups is 4. The van der Waals surface area contributed by atoms with E-state index in [2.05, 4.69) is 58.4 Å². The van der Waals surface area contributed by atoms with Gasteiger partial charge in [0.2, 0.25) is 17.7 Å². The van der Waals surface area contributed by atoms with Crippen LogP contribution in [0, 0.1) is 5.41 Å². The Kier molecular flexibility index (Phi) is 13.1. The predicted octanol–water partition coefficient (Wildman–Crippen LogP) is 8.74. The number of carbonyl (C=O) groups excluding carboxylic acids is 4. The molecule has 6 aliphatic rings. The highest BCUT2D eigenvalue weighted by atomic mass is 32.1.